The van der Waals surface area contributed by atoms with E-state index >= 15 is 0 Å². The van der Waals surface area contributed by atoms with Gasteiger partial charge >= 0.3 is 0 Å². The normalized spacial score (nSPS) is 10.9. The molecule has 0 saturated heterocycles. The number of ether oxygens (including phenoxy) is 1. The maximum absolute atomic E-state index is 13.5. The molecular weight excluding hydrogens is 314 g/mol. The van der Waals surface area contributed by atoms with Crippen LogP contribution in [0.3, 0.4) is 0 Å². The summed E-state index contributed by atoms with van der Waals surface area (Å²) in [5.74, 6) is -1.04. The molecule has 22 heavy (non-hydrogen) atoms. The van der Waals surface area contributed by atoms with Crippen molar-refractivity contribution in [1.82, 2.24) is 0 Å². The van der Waals surface area contributed by atoms with Crippen LogP contribution in [0.2, 0.25) is 5.02 Å². The van der Waals surface area contributed by atoms with Crippen molar-refractivity contribution >= 4 is 22.6 Å². The highest BCUT2D eigenvalue weighted by molar-refractivity contribution is 6.30. The molecule has 2 aromatic carbocycles. The van der Waals surface area contributed by atoms with Crippen molar-refractivity contribution in [1.29, 1.82) is 0 Å². The Morgan fingerprint density at radius 1 is 1.14 bits per heavy atom. The predicted octanol–water partition coefficient (Wildman–Crippen LogP) is 4.30. The van der Waals surface area contributed by atoms with Crippen LogP contribution in [0.15, 0.2) is 51.9 Å². The van der Waals surface area contributed by atoms with Crippen molar-refractivity contribution < 1.29 is 17.9 Å². The van der Waals surface area contributed by atoms with Crippen molar-refractivity contribution in [2.75, 3.05) is 0 Å². The molecule has 0 radical (unpaired) electrons. The Labute approximate surface area is 128 Å². The van der Waals surface area contributed by atoms with E-state index < -0.39 is 11.6 Å². The van der Waals surface area contributed by atoms with Gasteiger partial charge in [-0.05, 0) is 24.3 Å². The minimum atomic E-state index is -0.681. The van der Waals surface area contributed by atoms with E-state index in [9.17, 15) is 13.6 Å². The predicted molar refractivity (Wildman–Crippen MR) is 78.2 cm³/mol. The maximum atomic E-state index is 13.5. The summed E-state index contributed by atoms with van der Waals surface area (Å²) in [6.07, 6.45) is 1.13. The molecule has 0 N–H and O–H groups in total. The van der Waals surface area contributed by atoms with E-state index in [0.717, 1.165) is 18.4 Å². The Bertz CT molecular complexity index is 885. The lowest BCUT2D eigenvalue weighted by atomic mass is 10.2. The fraction of sp³-hybridized carbons (Fsp3) is 0.0625. The van der Waals surface area contributed by atoms with Crippen LogP contribution in [0, 0.1) is 11.6 Å². The van der Waals surface area contributed by atoms with Gasteiger partial charge in [-0.1, -0.05) is 17.7 Å². The fourth-order valence-electron chi connectivity index (χ4n) is 2.00. The summed E-state index contributed by atoms with van der Waals surface area (Å²) in [5.41, 5.74) is -0.240. The van der Waals surface area contributed by atoms with Gasteiger partial charge in [0, 0.05) is 6.07 Å². The Hall–Kier alpha value is -2.40. The highest BCUT2D eigenvalue weighted by Gasteiger charge is 2.10. The minimum absolute atomic E-state index is 0.0189. The molecule has 3 aromatic rings. The first-order valence-electron chi connectivity index (χ1n) is 6.33. The Morgan fingerprint density at radius 3 is 2.59 bits per heavy atom. The van der Waals surface area contributed by atoms with Crippen molar-refractivity contribution in [3.05, 3.63) is 75.1 Å². The van der Waals surface area contributed by atoms with E-state index in [4.69, 9.17) is 20.8 Å². The van der Waals surface area contributed by atoms with Crippen LogP contribution in [-0.4, -0.2) is 0 Å². The third kappa shape index (κ3) is 2.67. The van der Waals surface area contributed by atoms with Crippen molar-refractivity contribution in [2.24, 2.45) is 0 Å². The van der Waals surface area contributed by atoms with E-state index in [1.165, 1.54) is 24.3 Å². The van der Waals surface area contributed by atoms with Gasteiger partial charge in [-0.2, -0.15) is 0 Å². The highest BCUT2D eigenvalue weighted by Crippen LogP contribution is 2.22. The van der Waals surface area contributed by atoms with Gasteiger partial charge in [0.2, 0.25) is 5.43 Å². The van der Waals surface area contributed by atoms with Crippen LogP contribution in [0.1, 0.15) is 5.56 Å². The molecule has 0 atom stereocenters. The quantitative estimate of drug-likeness (QED) is 0.721. The van der Waals surface area contributed by atoms with Gasteiger partial charge in [-0.3, -0.25) is 4.79 Å². The Kier molecular flexibility index (Phi) is 3.81. The molecule has 3 rings (SSSR count). The van der Waals surface area contributed by atoms with E-state index in [-0.39, 0.29) is 28.2 Å². The summed E-state index contributed by atoms with van der Waals surface area (Å²) in [6, 6.07) is 8.05. The highest BCUT2D eigenvalue weighted by atomic mass is 35.5. The van der Waals surface area contributed by atoms with E-state index in [1.54, 1.807) is 0 Å². The average molecular weight is 323 g/mol. The van der Waals surface area contributed by atoms with Crippen LogP contribution in [0.5, 0.6) is 5.75 Å². The monoisotopic (exact) mass is 322 g/mol. The fourth-order valence-corrected chi connectivity index (χ4v) is 2.15. The zero-order chi connectivity index (χ0) is 15.7. The number of halogens is 3. The molecule has 0 aliphatic carbocycles. The molecule has 6 heteroatoms. The molecule has 1 heterocycles. The lowest BCUT2D eigenvalue weighted by molar-refractivity contribution is 0.292. The molecular formula is C16H9ClF2O3. The first-order valence-corrected chi connectivity index (χ1v) is 6.71. The van der Waals surface area contributed by atoms with E-state index in [2.05, 4.69) is 0 Å². The molecule has 0 aliphatic heterocycles. The van der Waals surface area contributed by atoms with Crippen LogP contribution in [0.25, 0.3) is 11.0 Å². The molecule has 0 bridgehead atoms. The first-order chi connectivity index (χ1) is 10.6. The molecule has 0 aliphatic rings. The minimum Gasteiger partial charge on any atom is -0.489 e. The second-order valence-electron chi connectivity index (χ2n) is 4.56. The molecule has 0 unspecified atom stereocenters. The Morgan fingerprint density at radius 2 is 1.86 bits per heavy atom. The lowest BCUT2D eigenvalue weighted by Gasteiger charge is -2.08. The standard InChI is InChI=1S/C16H9ClF2O3/c17-12-8-22-15-6-9(4-5-10(15)16(12)20)21-7-11-13(18)2-1-3-14(11)19/h1-6,8H,7H2. The second kappa shape index (κ2) is 5.77. The maximum Gasteiger partial charge on any atom is 0.211 e. The molecule has 1 aromatic heterocycles. The van der Waals surface area contributed by atoms with Gasteiger partial charge in [-0.15, -0.1) is 0 Å². The van der Waals surface area contributed by atoms with Crippen LogP contribution in [-0.2, 0) is 6.61 Å². The summed E-state index contributed by atoms with van der Waals surface area (Å²) in [5, 5.41) is 0.284. The van der Waals surface area contributed by atoms with Gasteiger partial charge in [0.05, 0.1) is 10.9 Å². The molecule has 3 nitrogen and oxygen atoms in total. The molecule has 112 valence electrons. The molecule has 0 amide bonds. The number of hydrogen-bond donors (Lipinski definition) is 0. The van der Waals surface area contributed by atoms with Crippen molar-refractivity contribution in [3.63, 3.8) is 0 Å². The molecule has 0 fully saturated rings. The summed E-state index contributed by atoms with van der Waals surface area (Å²) in [6.45, 7) is -0.276. The number of fused-ring (bicyclic) bond motifs is 1. The largest absolute Gasteiger partial charge is 0.489 e. The smallest absolute Gasteiger partial charge is 0.211 e. The first kappa shape index (κ1) is 14.5. The van der Waals surface area contributed by atoms with E-state index in [0.29, 0.717) is 11.1 Å². The second-order valence-corrected chi connectivity index (χ2v) is 4.97. The lowest BCUT2D eigenvalue weighted by Crippen LogP contribution is -2.03. The topological polar surface area (TPSA) is 39.4 Å². The average Bonchev–Trinajstić information content (AvgIpc) is 2.50. The van der Waals surface area contributed by atoms with Crippen LogP contribution < -0.4 is 10.2 Å². The Balaban J connectivity index is 1.89. The zero-order valence-corrected chi connectivity index (χ0v) is 11.9. The number of benzene rings is 2. The molecule has 0 saturated carbocycles. The summed E-state index contributed by atoms with van der Waals surface area (Å²) < 4.78 is 37.6. The van der Waals surface area contributed by atoms with Gasteiger partial charge in [-0.25, -0.2) is 8.78 Å². The third-order valence-corrected chi connectivity index (χ3v) is 3.41. The number of rotatable bonds is 3. The SMILES string of the molecule is O=c1c(Cl)coc2cc(OCc3c(F)cccc3F)ccc12. The molecule has 0 spiro atoms. The summed E-state index contributed by atoms with van der Waals surface area (Å²) in [7, 11) is 0. The van der Waals surface area contributed by atoms with Gasteiger partial charge in [0.15, 0.2) is 0 Å². The third-order valence-electron chi connectivity index (χ3n) is 3.15. The van der Waals surface area contributed by atoms with Crippen LogP contribution in [0.4, 0.5) is 8.78 Å². The van der Waals surface area contributed by atoms with Gasteiger partial charge in [0.1, 0.15) is 40.9 Å². The van der Waals surface area contributed by atoms with Crippen LogP contribution >= 0.6 is 11.6 Å². The number of hydrogen-bond acceptors (Lipinski definition) is 3. The summed E-state index contributed by atoms with van der Waals surface area (Å²) in [4.78, 5) is 11.8. The van der Waals surface area contributed by atoms with Gasteiger partial charge in [0.25, 0.3) is 0 Å². The van der Waals surface area contributed by atoms with E-state index in [1.807, 2.05) is 0 Å². The van der Waals surface area contributed by atoms with Gasteiger partial charge < -0.3 is 9.15 Å². The summed E-state index contributed by atoms with van der Waals surface area (Å²) >= 11 is 5.68. The van der Waals surface area contributed by atoms with Crippen molar-refractivity contribution in [2.45, 2.75) is 6.61 Å². The van der Waals surface area contributed by atoms with Crippen molar-refractivity contribution in [3.8, 4) is 5.75 Å². The zero-order valence-electron chi connectivity index (χ0n) is 11.1.